The van der Waals surface area contributed by atoms with Gasteiger partial charge in [-0.05, 0) is 40.6 Å². The molecule has 3 aromatic carbocycles. The van der Waals surface area contributed by atoms with E-state index in [0.29, 0.717) is 11.3 Å². The smallest absolute Gasteiger partial charge is 0.328 e. The Labute approximate surface area is 171 Å². The monoisotopic (exact) mass is 403 g/mol. The first-order valence-electron chi connectivity index (χ1n) is 9.12. The number of likely N-dealkylation sites (N-methyl/N-ethyl adjacent to an activating group) is 1. The first kappa shape index (κ1) is 19.1. The van der Waals surface area contributed by atoms with Crippen molar-refractivity contribution in [1.29, 1.82) is 0 Å². The summed E-state index contributed by atoms with van der Waals surface area (Å²) in [5.41, 5.74) is 1.60. The molecular formula is C22H17N3O5. The Morgan fingerprint density at radius 2 is 1.80 bits per heavy atom. The molecule has 1 N–H and O–H groups in total. The molecule has 8 heteroatoms. The molecule has 0 unspecified atom stereocenters. The Morgan fingerprint density at radius 1 is 1.07 bits per heavy atom. The maximum atomic E-state index is 12.3. The van der Waals surface area contributed by atoms with Crippen LogP contribution in [0.4, 0.5) is 10.5 Å². The van der Waals surface area contributed by atoms with Gasteiger partial charge in [0.25, 0.3) is 11.6 Å². The van der Waals surface area contributed by atoms with Crippen molar-refractivity contribution >= 4 is 34.5 Å². The summed E-state index contributed by atoms with van der Waals surface area (Å²) in [7, 11) is 1.41. The fraction of sp³-hybridized carbons (Fsp3) is 0.0909. The second kappa shape index (κ2) is 7.67. The van der Waals surface area contributed by atoms with E-state index in [0.717, 1.165) is 21.2 Å². The first-order chi connectivity index (χ1) is 14.4. The van der Waals surface area contributed by atoms with Gasteiger partial charge < -0.3 is 10.1 Å². The number of nitro benzene ring substituents is 1. The van der Waals surface area contributed by atoms with Gasteiger partial charge in [-0.15, -0.1) is 0 Å². The van der Waals surface area contributed by atoms with Crippen molar-refractivity contribution in [2.45, 2.75) is 6.61 Å². The second-order valence-corrected chi connectivity index (χ2v) is 6.76. The van der Waals surface area contributed by atoms with E-state index >= 15 is 0 Å². The molecule has 3 amide bonds. The van der Waals surface area contributed by atoms with E-state index in [4.69, 9.17) is 4.74 Å². The summed E-state index contributed by atoms with van der Waals surface area (Å²) >= 11 is 0. The summed E-state index contributed by atoms with van der Waals surface area (Å²) < 4.78 is 5.98. The number of hydrogen-bond donors (Lipinski definition) is 1. The molecule has 1 aliphatic rings. The number of amides is 3. The van der Waals surface area contributed by atoms with Gasteiger partial charge in [0, 0.05) is 24.7 Å². The Balaban J connectivity index is 1.69. The summed E-state index contributed by atoms with van der Waals surface area (Å²) in [6.45, 7) is 0.187. The number of non-ortho nitro benzene ring substituents is 1. The first-order valence-corrected chi connectivity index (χ1v) is 9.12. The van der Waals surface area contributed by atoms with Crippen LogP contribution in [0.3, 0.4) is 0 Å². The van der Waals surface area contributed by atoms with Crippen LogP contribution >= 0.6 is 0 Å². The van der Waals surface area contributed by atoms with Crippen LogP contribution in [-0.4, -0.2) is 28.8 Å². The highest BCUT2D eigenvalue weighted by molar-refractivity contribution is 6.14. The number of nitrogens with zero attached hydrogens (tertiary/aromatic N) is 2. The molecule has 0 atom stereocenters. The van der Waals surface area contributed by atoms with Crippen LogP contribution in [0.25, 0.3) is 16.8 Å². The molecule has 0 aromatic heterocycles. The van der Waals surface area contributed by atoms with Gasteiger partial charge in [0.15, 0.2) is 0 Å². The molecule has 0 saturated carbocycles. The molecule has 1 saturated heterocycles. The van der Waals surface area contributed by atoms with Crippen LogP contribution in [0, 0.1) is 10.1 Å². The van der Waals surface area contributed by atoms with Crippen LogP contribution < -0.4 is 10.1 Å². The number of urea groups is 1. The van der Waals surface area contributed by atoms with Gasteiger partial charge in [0.05, 0.1) is 4.92 Å². The van der Waals surface area contributed by atoms with E-state index in [1.165, 1.54) is 19.2 Å². The van der Waals surface area contributed by atoms with Crippen molar-refractivity contribution in [1.82, 2.24) is 10.2 Å². The number of nitro groups is 1. The molecular weight excluding hydrogens is 386 g/mol. The van der Waals surface area contributed by atoms with Crippen LogP contribution in [0.5, 0.6) is 5.75 Å². The van der Waals surface area contributed by atoms with E-state index in [9.17, 15) is 19.7 Å². The molecule has 0 bridgehead atoms. The van der Waals surface area contributed by atoms with Crippen molar-refractivity contribution < 1.29 is 19.2 Å². The lowest BCUT2D eigenvalue weighted by molar-refractivity contribution is -0.384. The van der Waals surface area contributed by atoms with Gasteiger partial charge in [0.1, 0.15) is 18.1 Å². The Hall–Kier alpha value is -4.20. The number of carbonyl (C=O) groups is 2. The zero-order valence-corrected chi connectivity index (χ0v) is 16.0. The fourth-order valence-corrected chi connectivity index (χ4v) is 3.19. The number of hydrogen-bond acceptors (Lipinski definition) is 5. The highest BCUT2D eigenvalue weighted by atomic mass is 16.6. The predicted octanol–water partition coefficient (Wildman–Crippen LogP) is 3.85. The van der Waals surface area contributed by atoms with E-state index in [1.54, 1.807) is 24.3 Å². The molecule has 3 aromatic rings. The second-order valence-electron chi connectivity index (χ2n) is 6.76. The minimum atomic E-state index is -0.486. The lowest BCUT2D eigenvalue weighted by Gasteiger charge is -2.13. The minimum absolute atomic E-state index is 0.00878. The Morgan fingerprint density at radius 3 is 2.47 bits per heavy atom. The zero-order valence-electron chi connectivity index (χ0n) is 16.0. The van der Waals surface area contributed by atoms with Crippen molar-refractivity contribution in [3.05, 3.63) is 87.6 Å². The van der Waals surface area contributed by atoms with E-state index in [2.05, 4.69) is 5.32 Å². The maximum Gasteiger partial charge on any atom is 0.328 e. The fourth-order valence-electron chi connectivity index (χ4n) is 3.19. The Bertz CT molecular complexity index is 1200. The zero-order chi connectivity index (χ0) is 21.3. The molecule has 4 rings (SSSR count). The van der Waals surface area contributed by atoms with Crippen LogP contribution in [-0.2, 0) is 11.4 Å². The highest BCUT2D eigenvalue weighted by Crippen LogP contribution is 2.31. The third-order valence-corrected chi connectivity index (χ3v) is 4.84. The normalized spacial score (nSPS) is 15.0. The summed E-state index contributed by atoms with van der Waals surface area (Å²) in [6.07, 6.45) is 1.61. The third kappa shape index (κ3) is 3.58. The molecule has 0 radical (unpaired) electrons. The summed E-state index contributed by atoms with van der Waals surface area (Å²) in [5.74, 6) is 0.102. The standard InChI is InChI=1S/C22H17N3O5/c1-24-21(26)19(23-22(24)27)12-18-17-5-3-2-4-15(17)8-11-20(18)30-13-14-6-9-16(10-7-14)25(28)29/h2-12H,13H2,1H3,(H,23,27)/b19-12+. The third-order valence-electron chi connectivity index (χ3n) is 4.84. The maximum absolute atomic E-state index is 12.3. The van der Waals surface area contributed by atoms with Gasteiger partial charge in [-0.25, -0.2) is 4.79 Å². The predicted molar refractivity (Wildman–Crippen MR) is 111 cm³/mol. The minimum Gasteiger partial charge on any atom is -0.488 e. The largest absolute Gasteiger partial charge is 0.488 e. The number of benzene rings is 3. The number of ether oxygens (including phenoxy) is 1. The van der Waals surface area contributed by atoms with Crippen molar-refractivity contribution in [3.63, 3.8) is 0 Å². The number of rotatable bonds is 5. The molecule has 1 fully saturated rings. The average Bonchev–Trinajstić information content (AvgIpc) is 3.00. The highest BCUT2D eigenvalue weighted by Gasteiger charge is 2.30. The SMILES string of the molecule is CN1C(=O)N/C(=C/c2c(OCc3ccc([N+](=O)[O-])cc3)ccc3ccccc23)C1=O. The van der Waals surface area contributed by atoms with Crippen molar-refractivity contribution in [2.75, 3.05) is 7.05 Å². The van der Waals surface area contributed by atoms with E-state index in [1.807, 2.05) is 30.3 Å². The van der Waals surface area contributed by atoms with Gasteiger partial charge >= 0.3 is 6.03 Å². The van der Waals surface area contributed by atoms with Gasteiger partial charge in [0.2, 0.25) is 0 Å². The molecule has 30 heavy (non-hydrogen) atoms. The van der Waals surface area contributed by atoms with E-state index in [-0.39, 0.29) is 18.0 Å². The van der Waals surface area contributed by atoms with Gasteiger partial charge in [-0.1, -0.05) is 30.3 Å². The lowest BCUT2D eigenvalue weighted by atomic mass is 10.0. The molecule has 0 spiro atoms. The molecule has 1 heterocycles. The average molecular weight is 403 g/mol. The quantitative estimate of drug-likeness (QED) is 0.302. The number of fused-ring (bicyclic) bond motifs is 1. The van der Waals surface area contributed by atoms with Gasteiger partial charge in [-0.2, -0.15) is 0 Å². The molecule has 0 aliphatic carbocycles. The topological polar surface area (TPSA) is 102 Å². The molecule has 150 valence electrons. The van der Waals surface area contributed by atoms with Crippen LogP contribution in [0.1, 0.15) is 11.1 Å². The number of imide groups is 1. The number of nitrogens with one attached hydrogen (secondary N) is 1. The Kier molecular flexibility index (Phi) is 4.89. The lowest BCUT2D eigenvalue weighted by Crippen LogP contribution is -2.25. The van der Waals surface area contributed by atoms with E-state index < -0.39 is 16.9 Å². The van der Waals surface area contributed by atoms with Crippen molar-refractivity contribution in [2.24, 2.45) is 0 Å². The van der Waals surface area contributed by atoms with Crippen molar-refractivity contribution in [3.8, 4) is 5.75 Å². The molecule has 8 nitrogen and oxygen atoms in total. The molecule has 1 aliphatic heterocycles. The summed E-state index contributed by atoms with van der Waals surface area (Å²) in [4.78, 5) is 35.5. The number of carbonyl (C=O) groups excluding carboxylic acids is 2. The van der Waals surface area contributed by atoms with Crippen LogP contribution in [0.2, 0.25) is 0 Å². The summed E-state index contributed by atoms with van der Waals surface area (Å²) in [6, 6.07) is 17.0. The van der Waals surface area contributed by atoms with Crippen LogP contribution in [0.15, 0.2) is 66.4 Å². The summed E-state index contributed by atoms with van der Waals surface area (Å²) in [5, 5.41) is 15.2. The van der Waals surface area contributed by atoms with Gasteiger partial charge in [-0.3, -0.25) is 19.8 Å².